The molecule has 1 aromatic rings. The summed E-state index contributed by atoms with van der Waals surface area (Å²) in [5.41, 5.74) is 8.60. The van der Waals surface area contributed by atoms with Crippen LogP contribution in [0.5, 0.6) is 5.75 Å². The van der Waals surface area contributed by atoms with Crippen LogP contribution >= 0.6 is 0 Å². The van der Waals surface area contributed by atoms with Gasteiger partial charge < -0.3 is 15.2 Å². The van der Waals surface area contributed by atoms with Crippen molar-refractivity contribution in [2.24, 2.45) is 11.1 Å². The highest BCUT2D eigenvalue weighted by Gasteiger charge is 2.31. The third-order valence-electron chi connectivity index (χ3n) is 3.27. The first kappa shape index (κ1) is 15.0. The minimum atomic E-state index is -0.138. The van der Waals surface area contributed by atoms with E-state index in [0.717, 1.165) is 16.9 Å². The van der Waals surface area contributed by atoms with Crippen molar-refractivity contribution in [3.63, 3.8) is 0 Å². The molecule has 0 spiro atoms. The van der Waals surface area contributed by atoms with Gasteiger partial charge in [-0.25, -0.2) is 0 Å². The maximum Gasteiger partial charge on any atom is 0.119 e. The summed E-state index contributed by atoms with van der Waals surface area (Å²) >= 11 is 0. The Balaban J connectivity index is 3.06. The molecule has 1 rings (SSSR count). The van der Waals surface area contributed by atoms with E-state index in [0.29, 0.717) is 0 Å². The first-order valence-electron chi connectivity index (χ1n) is 6.24. The minimum absolute atomic E-state index is 0.000530. The van der Waals surface area contributed by atoms with Crippen molar-refractivity contribution < 1.29 is 9.47 Å². The van der Waals surface area contributed by atoms with Gasteiger partial charge in [-0.05, 0) is 35.6 Å². The summed E-state index contributed by atoms with van der Waals surface area (Å²) in [6.07, 6.45) is -0.0235. The standard InChI is InChI=1S/C15H25NO2/c1-10-9-11(17-5)7-8-12(10)13(16)14(18-6)15(2,3)4/h7-9,13-14H,16H2,1-6H3. The number of aryl methyl sites for hydroxylation is 1. The maximum absolute atomic E-state index is 6.36. The molecule has 102 valence electrons. The number of benzene rings is 1. The van der Waals surface area contributed by atoms with Gasteiger partial charge >= 0.3 is 0 Å². The molecule has 2 unspecified atom stereocenters. The third-order valence-corrected chi connectivity index (χ3v) is 3.27. The van der Waals surface area contributed by atoms with Gasteiger partial charge in [0.15, 0.2) is 0 Å². The van der Waals surface area contributed by atoms with E-state index in [2.05, 4.69) is 20.8 Å². The summed E-state index contributed by atoms with van der Waals surface area (Å²) in [5, 5.41) is 0. The van der Waals surface area contributed by atoms with Gasteiger partial charge in [0.05, 0.1) is 19.3 Å². The molecule has 0 amide bonds. The average Bonchev–Trinajstić information content (AvgIpc) is 2.27. The first-order valence-corrected chi connectivity index (χ1v) is 6.24. The lowest BCUT2D eigenvalue weighted by molar-refractivity contribution is -0.00257. The van der Waals surface area contributed by atoms with Gasteiger partial charge in [0.25, 0.3) is 0 Å². The van der Waals surface area contributed by atoms with Crippen molar-refractivity contribution in [2.45, 2.75) is 39.8 Å². The predicted octanol–water partition coefficient (Wildman–Crippen LogP) is 3.06. The zero-order chi connectivity index (χ0) is 13.9. The van der Waals surface area contributed by atoms with Crippen LogP contribution in [-0.4, -0.2) is 20.3 Å². The molecule has 0 heterocycles. The number of hydrogen-bond acceptors (Lipinski definition) is 3. The van der Waals surface area contributed by atoms with Crippen LogP contribution in [0.3, 0.4) is 0 Å². The van der Waals surface area contributed by atoms with E-state index in [1.165, 1.54) is 0 Å². The fraction of sp³-hybridized carbons (Fsp3) is 0.600. The Labute approximate surface area is 110 Å². The van der Waals surface area contributed by atoms with Gasteiger partial charge in [-0.1, -0.05) is 26.8 Å². The van der Waals surface area contributed by atoms with Gasteiger partial charge in [0.1, 0.15) is 5.75 Å². The van der Waals surface area contributed by atoms with E-state index in [1.54, 1.807) is 14.2 Å². The van der Waals surface area contributed by atoms with Crippen LogP contribution in [0, 0.1) is 12.3 Å². The molecule has 0 radical (unpaired) electrons. The lowest BCUT2D eigenvalue weighted by Gasteiger charge is -2.34. The Morgan fingerprint density at radius 1 is 1.17 bits per heavy atom. The lowest BCUT2D eigenvalue weighted by Crippen LogP contribution is -2.39. The van der Waals surface area contributed by atoms with Gasteiger partial charge in [0.2, 0.25) is 0 Å². The summed E-state index contributed by atoms with van der Waals surface area (Å²) in [5.74, 6) is 0.855. The zero-order valence-electron chi connectivity index (χ0n) is 12.3. The second kappa shape index (κ2) is 5.72. The second-order valence-electron chi connectivity index (χ2n) is 5.77. The average molecular weight is 251 g/mol. The van der Waals surface area contributed by atoms with Crippen molar-refractivity contribution in [3.8, 4) is 5.75 Å². The highest BCUT2D eigenvalue weighted by molar-refractivity contribution is 5.37. The van der Waals surface area contributed by atoms with E-state index in [-0.39, 0.29) is 17.6 Å². The topological polar surface area (TPSA) is 44.5 Å². The van der Waals surface area contributed by atoms with Crippen LogP contribution in [0.2, 0.25) is 0 Å². The SMILES string of the molecule is COc1ccc(C(N)C(OC)C(C)(C)C)c(C)c1. The molecule has 0 aliphatic heterocycles. The normalized spacial score (nSPS) is 15.3. The van der Waals surface area contributed by atoms with Gasteiger partial charge in [-0.2, -0.15) is 0 Å². The fourth-order valence-corrected chi connectivity index (χ4v) is 2.35. The van der Waals surface area contributed by atoms with Crippen LogP contribution in [0.15, 0.2) is 18.2 Å². The van der Waals surface area contributed by atoms with E-state index in [1.807, 2.05) is 25.1 Å². The molecule has 3 heteroatoms. The molecule has 2 atom stereocenters. The smallest absolute Gasteiger partial charge is 0.119 e. The molecular formula is C15H25NO2. The Morgan fingerprint density at radius 3 is 2.17 bits per heavy atom. The van der Waals surface area contributed by atoms with Crippen molar-refractivity contribution >= 4 is 0 Å². The van der Waals surface area contributed by atoms with Crippen molar-refractivity contribution in [3.05, 3.63) is 29.3 Å². The van der Waals surface area contributed by atoms with E-state index >= 15 is 0 Å². The van der Waals surface area contributed by atoms with Crippen LogP contribution in [-0.2, 0) is 4.74 Å². The molecule has 0 saturated carbocycles. The van der Waals surface area contributed by atoms with Gasteiger partial charge in [-0.15, -0.1) is 0 Å². The third kappa shape index (κ3) is 3.24. The Morgan fingerprint density at radius 2 is 1.78 bits per heavy atom. The maximum atomic E-state index is 6.36. The molecule has 0 aliphatic carbocycles. The molecule has 2 N–H and O–H groups in total. The molecular weight excluding hydrogens is 226 g/mol. The van der Waals surface area contributed by atoms with Crippen LogP contribution in [0.25, 0.3) is 0 Å². The molecule has 0 bridgehead atoms. The van der Waals surface area contributed by atoms with Crippen LogP contribution < -0.4 is 10.5 Å². The predicted molar refractivity (Wildman–Crippen MR) is 74.9 cm³/mol. The number of ether oxygens (including phenoxy) is 2. The van der Waals surface area contributed by atoms with Gasteiger partial charge in [-0.3, -0.25) is 0 Å². The van der Waals surface area contributed by atoms with Crippen molar-refractivity contribution in [2.75, 3.05) is 14.2 Å². The molecule has 3 nitrogen and oxygen atoms in total. The van der Waals surface area contributed by atoms with Gasteiger partial charge in [0, 0.05) is 7.11 Å². The summed E-state index contributed by atoms with van der Waals surface area (Å²) in [7, 11) is 3.39. The Kier molecular flexibility index (Phi) is 4.77. The zero-order valence-corrected chi connectivity index (χ0v) is 12.3. The largest absolute Gasteiger partial charge is 0.497 e. The molecule has 0 fully saturated rings. The fourth-order valence-electron chi connectivity index (χ4n) is 2.35. The van der Waals surface area contributed by atoms with Crippen LogP contribution in [0.4, 0.5) is 0 Å². The molecule has 18 heavy (non-hydrogen) atoms. The van der Waals surface area contributed by atoms with Crippen molar-refractivity contribution in [1.82, 2.24) is 0 Å². The first-order chi connectivity index (χ1) is 8.31. The number of nitrogens with two attached hydrogens (primary N) is 1. The highest BCUT2D eigenvalue weighted by Crippen LogP contribution is 2.33. The number of methoxy groups -OCH3 is 2. The summed E-state index contributed by atoms with van der Waals surface area (Å²) in [6.45, 7) is 8.47. The summed E-state index contributed by atoms with van der Waals surface area (Å²) in [4.78, 5) is 0. The Bertz CT molecular complexity index is 396. The number of rotatable bonds is 4. The minimum Gasteiger partial charge on any atom is -0.497 e. The summed E-state index contributed by atoms with van der Waals surface area (Å²) in [6, 6.07) is 5.83. The van der Waals surface area contributed by atoms with E-state index in [9.17, 15) is 0 Å². The molecule has 0 aromatic heterocycles. The molecule has 1 aromatic carbocycles. The highest BCUT2D eigenvalue weighted by atomic mass is 16.5. The van der Waals surface area contributed by atoms with Crippen LogP contribution in [0.1, 0.15) is 37.9 Å². The molecule has 0 saturated heterocycles. The number of hydrogen-bond donors (Lipinski definition) is 1. The second-order valence-corrected chi connectivity index (χ2v) is 5.77. The monoisotopic (exact) mass is 251 g/mol. The van der Waals surface area contributed by atoms with E-state index in [4.69, 9.17) is 15.2 Å². The molecule has 0 aliphatic rings. The summed E-state index contributed by atoms with van der Waals surface area (Å²) < 4.78 is 10.8. The lowest BCUT2D eigenvalue weighted by atomic mass is 9.81. The Hall–Kier alpha value is -1.06. The quantitative estimate of drug-likeness (QED) is 0.894. The van der Waals surface area contributed by atoms with Crippen molar-refractivity contribution in [1.29, 1.82) is 0 Å². The van der Waals surface area contributed by atoms with E-state index < -0.39 is 0 Å².